The molecular weight excluding hydrogens is 365 g/mol. The van der Waals surface area contributed by atoms with Crippen LogP contribution in [0.25, 0.3) is 11.8 Å². The van der Waals surface area contributed by atoms with Crippen molar-refractivity contribution in [1.29, 1.82) is 0 Å². The van der Waals surface area contributed by atoms with Crippen LogP contribution in [0.15, 0.2) is 47.6 Å². The summed E-state index contributed by atoms with van der Waals surface area (Å²) in [5.74, 6) is -0.288. The molecule has 0 amide bonds. The summed E-state index contributed by atoms with van der Waals surface area (Å²) in [5.41, 5.74) is 3.90. The summed E-state index contributed by atoms with van der Waals surface area (Å²) in [6, 6.07) is 9.08. The van der Waals surface area contributed by atoms with Gasteiger partial charge in [0.15, 0.2) is 0 Å². The molecule has 2 aromatic carbocycles. The van der Waals surface area contributed by atoms with Crippen molar-refractivity contribution in [3.8, 4) is 0 Å². The highest BCUT2D eigenvalue weighted by Crippen LogP contribution is 2.38. The molecule has 4 heteroatoms. The van der Waals surface area contributed by atoms with Crippen LogP contribution in [0.2, 0.25) is 5.02 Å². The lowest BCUT2D eigenvalue weighted by Crippen LogP contribution is -2.19. The highest BCUT2D eigenvalue weighted by molar-refractivity contribution is 9.10. The molecule has 0 bridgehead atoms. The second kappa shape index (κ2) is 5.90. The van der Waals surface area contributed by atoms with Gasteiger partial charge in [0.25, 0.3) is 0 Å². The van der Waals surface area contributed by atoms with Crippen molar-refractivity contribution in [2.75, 3.05) is 4.90 Å². The molecule has 0 atom stereocenters. The smallest absolute Gasteiger partial charge is 0.134 e. The third-order valence-corrected chi connectivity index (χ3v) is 4.59. The molecule has 0 fully saturated rings. The molecule has 112 valence electrons. The maximum atomic E-state index is 14.4. The molecule has 3 rings (SSSR count). The van der Waals surface area contributed by atoms with Crippen LogP contribution in [-0.4, -0.2) is 0 Å². The van der Waals surface area contributed by atoms with E-state index in [-0.39, 0.29) is 5.82 Å². The number of halogens is 3. The number of nitrogens with zero attached hydrogens (tertiary/aromatic N) is 1. The molecule has 0 N–H and O–H groups in total. The first-order valence-electron chi connectivity index (χ1n) is 6.96. The van der Waals surface area contributed by atoms with Gasteiger partial charge in [0.05, 0.1) is 5.69 Å². The van der Waals surface area contributed by atoms with E-state index in [1.165, 1.54) is 6.07 Å². The van der Waals surface area contributed by atoms with Crippen LogP contribution in [0, 0.1) is 5.82 Å². The molecule has 2 aromatic rings. The Morgan fingerprint density at radius 1 is 1.32 bits per heavy atom. The molecule has 0 saturated carbocycles. The number of hydrogen-bond acceptors (Lipinski definition) is 1. The lowest BCUT2D eigenvalue weighted by atomic mass is 9.99. The van der Waals surface area contributed by atoms with Crippen LogP contribution in [-0.2, 0) is 6.42 Å². The van der Waals surface area contributed by atoms with Crippen molar-refractivity contribution in [1.82, 2.24) is 0 Å². The number of fused-ring (bicyclic) bond motifs is 1. The molecule has 0 saturated heterocycles. The Labute approximate surface area is 142 Å². The molecule has 0 spiro atoms. The third-order valence-electron chi connectivity index (χ3n) is 3.78. The fraction of sp³-hybridized carbons (Fsp3) is 0.111. The van der Waals surface area contributed by atoms with E-state index in [2.05, 4.69) is 22.5 Å². The fourth-order valence-corrected chi connectivity index (χ4v) is 3.49. The SMILES string of the molecule is C=C1c2c(F)cc(Br)cc2C=CN1c1cccc(Cl)c1CC. The number of benzene rings is 2. The molecule has 0 unspecified atom stereocenters. The summed E-state index contributed by atoms with van der Waals surface area (Å²) in [4.78, 5) is 1.89. The van der Waals surface area contributed by atoms with Gasteiger partial charge in [-0.3, -0.25) is 0 Å². The molecule has 1 aliphatic rings. The standard InChI is InChI=1S/C18H14BrClFN/c1-3-14-15(20)5-4-6-17(14)22-8-7-12-9-13(19)10-16(21)18(12)11(22)2/h4-10H,2-3H2,1H3. The molecule has 0 aromatic heterocycles. The lowest BCUT2D eigenvalue weighted by Gasteiger charge is -2.30. The monoisotopic (exact) mass is 377 g/mol. The van der Waals surface area contributed by atoms with Crippen molar-refractivity contribution in [3.63, 3.8) is 0 Å². The summed E-state index contributed by atoms with van der Waals surface area (Å²) in [5, 5.41) is 0.711. The Hall–Kier alpha value is -1.58. The van der Waals surface area contributed by atoms with E-state index in [9.17, 15) is 4.39 Å². The average Bonchev–Trinajstić information content (AvgIpc) is 2.46. The Morgan fingerprint density at radius 3 is 2.82 bits per heavy atom. The zero-order chi connectivity index (χ0) is 15.9. The van der Waals surface area contributed by atoms with Crippen molar-refractivity contribution < 1.29 is 4.39 Å². The largest absolute Gasteiger partial charge is 0.317 e. The van der Waals surface area contributed by atoms with Crippen molar-refractivity contribution in [3.05, 3.63) is 75.1 Å². The van der Waals surface area contributed by atoms with Crippen LogP contribution in [0.5, 0.6) is 0 Å². The van der Waals surface area contributed by atoms with Crippen LogP contribution < -0.4 is 4.90 Å². The maximum absolute atomic E-state index is 14.4. The van der Waals surface area contributed by atoms with E-state index < -0.39 is 0 Å². The van der Waals surface area contributed by atoms with Gasteiger partial charge in [-0.05, 0) is 47.9 Å². The summed E-state index contributed by atoms with van der Waals surface area (Å²) >= 11 is 9.61. The molecule has 1 aliphatic heterocycles. The topological polar surface area (TPSA) is 3.24 Å². The number of rotatable bonds is 2. The van der Waals surface area contributed by atoms with E-state index in [0.29, 0.717) is 20.8 Å². The fourth-order valence-electron chi connectivity index (χ4n) is 2.74. The minimum atomic E-state index is -0.288. The summed E-state index contributed by atoms with van der Waals surface area (Å²) in [6.45, 7) is 6.13. The minimum absolute atomic E-state index is 0.288. The summed E-state index contributed by atoms with van der Waals surface area (Å²) in [7, 11) is 0. The predicted octanol–water partition coefficient (Wildman–Crippen LogP) is 6.27. The Kier molecular flexibility index (Phi) is 4.11. The molecule has 0 radical (unpaired) electrons. The summed E-state index contributed by atoms with van der Waals surface area (Å²) in [6.07, 6.45) is 4.59. The first-order chi connectivity index (χ1) is 10.5. The first kappa shape index (κ1) is 15.3. The number of anilines is 1. The van der Waals surface area contributed by atoms with Crippen LogP contribution in [0.1, 0.15) is 23.6 Å². The van der Waals surface area contributed by atoms with Gasteiger partial charge in [0.2, 0.25) is 0 Å². The molecule has 22 heavy (non-hydrogen) atoms. The van der Waals surface area contributed by atoms with Crippen molar-refractivity contribution in [2.45, 2.75) is 13.3 Å². The van der Waals surface area contributed by atoms with Gasteiger partial charge in [-0.1, -0.05) is 47.1 Å². The van der Waals surface area contributed by atoms with E-state index in [4.69, 9.17) is 11.6 Å². The maximum Gasteiger partial charge on any atom is 0.134 e. The lowest BCUT2D eigenvalue weighted by molar-refractivity contribution is 0.622. The van der Waals surface area contributed by atoms with Gasteiger partial charge in [0.1, 0.15) is 5.82 Å². The normalized spacial score (nSPS) is 13.5. The predicted molar refractivity (Wildman–Crippen MR) is 95.5 cm³/mol. The Morgan fingerprint density at radius 2 is 2.09 bits per heavy atom. The third kappa shape index (κ3) is 2.49. The van der Waals surface area contributed by atoms with Crippen LogP contribution >= 0.6 is 27.5 Å². The minimum Gasteiger partial charge on any atom is -0.317 e. The van der Waals surface area contributed by atoms with Gasteiger partial charge in [0, 0.05) is 27.0 Å². The van der Waals surface area contributed by atoms with Gasteiger partial charge in [-0.25, -0.2) is 4.39 Å². The van der Waals surface area contributed by atoms with Crippen LogP contribution in [0.4, 0.5) is 10.1 Å². The number of hydrogen-bond donors (Lipinski definition) is 0. The molecular formula is C18H14BrClFN. The molecule has 0 aliphatic carbocycles. The van der Waals surface area contributed by atoms with Gasteiger partial charge in [-0.2, -0.15) is 0 Å². The molecule has 1 nitrogen and oxygen atoms in total. The second-order valence-corrected chi connectivity index (χ2v) is 6.40. The highest BCUT2D eigenvalue weighted by atomic mass is 79.9. The van der Waals surface area contributed by atoms with Crippen molar-refractivity contribution >= 4 is 45.0 Å². The van der Waals surface area contributed by atoms with E-state index in [0.717, 1.165) is 23.2 Å². The van der Waals surface area contributed by atoms with Gasteiger partial charge < -0.3 is 4.90 Å². The summed E-state index contributed by atoms with van der Waals surface area (Å²) < 4.78 is 15.1. The van der Waals surface area contributed by atoms with E-state index in [1.54, 1.807) is 0 Å². The quantitative estimate of drug-likeness (QED) is 0.595. The Bertz CT molecular complexity index is 798. The van der Waals surface area contributed by atoms with E-state index in [1.807, 2.05) is 48.4 Å². The second-order valence-electron chi connectivity index (χ2n) is 5.08. The Balaban J connectivity index is 2.14. The zero-order valence-electron chi connectivity index (χ0n) is 12.0. The van der Waals surface area contributed by atoms with Gasteiger partial charge >= 0.3 is 0 Å². The molecule has 1 heterocycles. The first-order valence-corrected chi connectivity index (χ1v) is 8.13. The average molecular weight is 379 g/mol. The highest BCUT2D eigenvalue weighted by Gasteiger charge is 2.22. The van der Waals surface area contributed by atoms with E-state index >= 15 is 0 Å². The van der Waals surface area contributed by atoms with Crippen molar-refractivity contribution in [2.24, 2.45) is 0 Å². The zero-order valence-corrected chi connectivity index (χ0v) is 14.4. The van der Waals surface area contributed by atoms with Crippen LogP contribution in [0.3, 0.4) is 0 Å². The van der Waals surface area contributed by atoms with Gasteiger partial charge in [-0.15, -0.1) is 0 Å².